The lowest BCUT2D eigenvalue weighted by molar-refractivity contribution is 0.102. The van der Waals surface area contributed by atoms with Gasteiger partial charge in [-0.05, 0) is 69.1 Å². The van der Waals surface area contributed by atoms with Gasteiger partial charge in [0.1, 0.15) is 22.4 Å². The largest absolute Gasteiger partial charge is 0.456 e. The summed E-state index contributed by atoms with van der Waals surface area (Å²) < 4.78 is 5.92. The van der Waals surface area contributed by atoms with Crippen LogP contribution in [0.1, 0.15) is 40.7 Å². The highest BCUT2D eigenvalue weighted by Crippen LogP contribution is 2.30. The SMILES string of the molecule is CC1CCCNC1.Cc1[nH]nc2nccc(Oc3ccc(C(=O)Nc4ncc(C#N)s4)cc3)c12. The second-order valence-electron chi connectivity index (χ2n) is 8.03. The van der Waals surface area contributed by atoms with E-state index in [-0.39, 0.29) is 5.91 Å². The summed E-state index contributed by atoms with van der Waals surface area (Å²) in [5, 5.41) is 23.0. The molecule has 174 valence electrons. The van der Waals surface area contributed by atoms with Gasteiger partial charge in [0.2, 0.25) is 0 Å². The number of anilines is 1. The predicted molar refractivity (Wildman–Crippen MR) is 131 cm³/mol. The number of fused-ring (bicyclic) bond motifs is 1. The smallest absolute Gasteiger partial charge is 0.257 e. The maximum atomic E-state index is 12.3. The zero-order valence-electron chi connectivity index (χ0n) is 19.0. The van der Waals surface area contributed by atoms with Crippen molar-refractivity contribution in [2.45, 2.75) is 26.7 Å². The molecule has 0 bridgehead atoms. The van der Waals surface area contributed by atoms with Crippen molar-refractivity contribution in [3.63, 3.8) is 0 Å². The number of nitrogens with one attached hydrogen (secondary N) is 3. The molecule has 1 fully saturated rings. The second kappa shape index (κ2) is 10.9. The zero-order chi connectivity index (χ0) is 23.9. The molecule has 3 aromatic heterocycles. The maximum absolute atomic E-state index is 12.3. The van der Waals surface area contributed by atoms with Gasteiger partial charge >= 0.3 is 0 Å². The van der Waals surface area contributed by atoms with Crippen molar-refractivity contribution in [3.8, 4) is 17.6 Å². The Labute approximate surface area is 201 Å². The number of thiazole rings is 1. The summed E-state index contributed by atoms with van der Waals surface area (Å²) in [7, 11) is 0. The first-order valence-electron chi connectivity index (χ1n) is 11.0. The summed E-state index contributed by atoms with van der Waals surface area (Å²) in [6.45, 7) is 6.67. The van der Waals surface area contributed by atoms with Crippen molar-refractivity contribution in [3.05, 3.63) is 58.9 Å². The third-order valence-corrected chi connectivity index (χ3v) is 6.14. The van der Waals surface area contributed by atoms with Gasteiger partial charge in [-0.25, -0.2) is 9.97 Å². The lowest BCUT2D eigenvalue weighted by Gasteiger charge is -2.17. The Morgan fingerprint density at radius 2 is 2.09 bits per heavy atom. The molecular formula is C24H25N7O2S. The summed E-state index contributed by atoms with van der Waals surface area (Å²) in [6.07, 6.45) is 5.85. The highest BCUT2D eigenvalue weighted by Gasteiger charge is 2.12. The van der Waals surface area contributed by atoms with Crippen LogP contribution in [0.25, 0.3) is 11.0 Å². The number of rotatable bonds is 4. The van der Waals surface area contributed by atoms with E-state index in [4.69, 9.17) is 10.00 Å². The summed E-state index contributed by atoms with van der Waals surface area (Å²) in [6, 6.07) is 10.5. The molecular weight excluding hydrogens is 450 g/mol. The van der Waals surface area contributed by atoms with E-state index in [2.05, 4.69) is 37.7 Å². The predicted octanol–water partition coefficient (Wildman–Crippen LogP) is 4.65. The molecule has 0 aliphatic carbocycles. The van der Waals surface area contributed by atoms with Gasteiger partial charge in [-0.2, -0.15) is 10.4 Å². The minimum absolute atomic E-state index is 0.308. The quantitative estimate of drug-likeness (QED) is 0.392. The van der Waals surface area contributed by atoms with E-state index >= 15 is 0 Å². The molecule has 3 N–H and O–H groups in total. The molecule has 1 atom stereocenters. The standard InChI is InChI=1S/C18H12N6O2S.C6H13N/c1-10-15-14(6-7-20-16(15)24-23-10)26-12-4-2-11(3-5-12)17(25)22-18-21-9-13(8-19)27-18;1-6-3-2-4-7-5-6/h2-7,9H,1H3,(H,20,23,24)(H,21,22,25);6-7H,2-5H2,1H3. The first-order valence-corrected chi connectivity index (χ1v) is 11.8. The number of ether oxygens (including phenoxy) is 1. The van der Waals surface area contributed by atoms with E-state index < -0.39 is 0 Å². The fourth-order valence-electron chi connectivity index (χ4n) is 3.53. The van der Waals surface area contributed by atoms with Gasteiger partial charge < -0.3 is 10.1 Å². The molecule has 10 heteroatoms. The average Bonchev–Trinajstić information content (AvgIpc) is 3.47. The Bertz CT molecular complexity index is 1300. The van der Waals surface area contributed by atoms with Gasteiger partial charge in [0, 0.05) is 17.5 Å². The molecule has 0 radical (unpaired) electrons. The molecule has 34 heavy (non-hydrogen) atoms. The van der Waals surface area contributed by atoms with Crippen molar-refractivity contribution in [1.29, 1.82) is 5.26 Å². The number of nitriles is 1. The first-order chi connectivity index (χ1) is 16.5. The van der Waals surface area contributed by atoms with Crippen molar-refractivity contribution in [2.24, 2.45) is 5.92 Å². The third kappa shape index (κ3) is 5.75. The van der Waals surface area contributed by atoms with Crippen LogP contribution in [0.2, 0.25) is 0 Å². The zero-order valence-corrected chi connectivity index (χ0v) is 19.8. The van der Waals surface area contributed by atoms with Crippen LogP contribution in [0.4, 0.5) is 5.13 Å². The first kappa shape index (κ1) is 23.4. The number of aromatic amines is 1. The summed E-state index contributed by atoms with van der Waals surface area (Å²) in [5.74, 6) is 1.84. The average molecular weight is 476 g/mol. The highest BCUT2D eigenvalue weighted by atomic mass is 32.1. The number of benzene rings is 1. The molecule has 4 aromatic rings. The Balaban J connectivity index is 0.000000336. The topological polar surface area (TPSA) is 129 Å². The normalized spacial score (nSPS) is 15.1. The molecule has 1 unspecified atom stereocenters. The molecule has 1 aromatic carbocycles. The Hall–Kier alpha value is -3.81. The number of H-pyrrole nitrogens is 1. The minimum Gasteiger partial charge on any atom is -0.456 e. The molecule has 1 saturated heterocycles. The van der Waals surface area contributed by atoms with Crippen molar-refractivity contribution < 1.29 is 9.53 Å². The summed E-state index contributed by atoms with van der Waals surface area (Å²) in [5.41, 5.74) is 1.90. The van der Waals surface area contributed by atoms with E-state index in [0.29, 0.717) is 32.7 Å². The van der Waals surface area contributed by atoms with Crippen molar-refractivity contribution in [1.82, 2.24) is 25.5 Å². The van der Waals surface area contributed by atoms with Gasteiger partial charge in [0.05, 0.1) is 11.6 Å². The van der Waals surface area contributed by atoms with Gasteiger partial charge in [-0.1, -0.05) is 18.3 Å². The second-order valence-corrected chi connectivity index (χ2v) is 9.06. The molecule has 1 amide bonds. The maximum Gasteiger partial charge on any atom is 0.257 e. The summed E-state index contributed by atoms with van der Waals surface area (Å²) >= 11 is 1.12. The lowest BCUT2D eigenvalue weighted by Crippen LogP contribution is -2.27. The molecule has 0 saturated carbocycles. The third-order valence-electron chi connectivity index (χ3n) is 5.32. The van der Waals surface area contributed by atoms with E-state index in [1.165, 1.54) is 32.1 Å². The fourth-order valence-corrected chi connectivity index (χ4v) is 4.14. The van der Waals surface area contributed by atoms with E-state index in [0.717, 1.165) is 28.3 Å². The number of piperidine rings is 1. The number of amides is 1. The highest BCUT2D eigenvalue weighted by molar-refractivity contribution is 7.16. The monoisotopic (exact) mass is 475 g/mol. The Morgan fingerprint density at radius 3 is 2.74 bits per heavy atom. The van der Waals surface area contributed by atoms with E-state index in [1.807, 2.05) is 13.0 Å². The molecule has 5 rings (SSSR count). The van der Waals surface area contributed by atoms with Crippen LogP contribution in [-0.4, -0.2) is 39.2 Å². The number of carbonyl (C=O) groups excluding carboxylic acids is 1. The van der Waals surface area contributed by atoms with Crippen molar-refractivity contribution in [2.75, 3.05) is 18.4 Å². The lowest BCUT2D eigenvalue weighted by atomic mass is 10.0. The van der Waals surface area contributed by atoms with E-state index in [9.17, 15) is 4.79 Å². The molecule has 0 spiro atoms. The fraction of sp³-hybridized carbons (Fsp3) is 0.292. The molecule has 1 aliphatic rings. The van der Waals surface area contributed by atoms with Crippen LogP contribution in [0.3, 0.4) is 0 Å². The number of hydrogen-bond donors (Lipinski definition) is 3. The number of hydrogen-bond acceptors (Lipinski definition) is 8. The van der Waals surface area contributed by atoms with Crippen LogP contribution in [0.5, 0.6) is 11.5 Å². The number of pyridine rings is 1. The van der Waals surface area contributed by atoms with Gasteiger partial charge in [-0.3, -0.25) is 15.2 Å². The van der Waals surface area contributed by atoms with Crippen LogP contribution in [-0.2, 0) is 0 Å². The van der Waals surface area contributed by atoms with Crippen LogP contribution in [0, 0.1) is 24.2 Å². The number of carbonyl (C=O) groups is 1. The van der Waals surface area contributed by atoms with Crippen LogP contribution >= 0.6 is 11.3 Å². The van der Waals surface area contributed by atoms with Gasteiger partial charge in [-0.15, -0.1) is 0 Å². The van der Waals surface area contributed by atoms with E-state index in [1.54, 1.807) is 36.5 Å². The van der Waals surface area contributed by atoms with Crippen LogP contribution < -0.4 is 15.4 Å². The number of aromatic nitrogens is 4. The Kier molecular flexibility index (Phi) is 7.47. The minimum atomic E-state index is -0.308. The molecule has 9 nitrogen and oxygen atoms in total. The summed E-state index contributed by atoms with van der Waals surface area (Å²) in [4.78, 5) is 20.9. The molecule has 4 heterocycles. The Morgan fingerprint density at radius 1 is 1.26 bits per heavy atom. The van der Waals surface area contributed by atoms with Crippen molar-refractivity contribution >= 4 is 33.4 Å². The van der Waals surface area contributed by atoms with Gasteiger partial charge in [0.25, 0.3) is 5.91 Å². The van der Waals surface area contributed by atoms with Crippen LogP contribution in [0.15, 0.2) is 42.7 Å². The number of aryl methyl sites for hydroxylation is 1. The number of nitrogens with zero attached hydrogens (tertiary/aromatic N) is 4. The van der Waals surface area contributed by atoms with Gasteiger partial charge in [0.15, 0.2) is 10.8 Å². The molecule has 1 aliphatic heterocycles.